The Morgan fingerprint density at radius 1 is 1.11 bits per heavy atom. The second kappa shape index (κ2) is 7.63. The van der Waals surface area contributed by atoms with Crippen molar-refractivity contribution in [3.05, 3.63) is 16.1 Å². The first kappa shape index (κ1) is 19.6. The quantitative estimate of drug-likeness (QED) is 0.812. The minimum Gasteiger partial charge on any atom is -0.392 e. The van der Waals surface area contributed by atoms with Gasteiger partial charge in [-0.05, 0) is 32.1 Å². The molecule has 1 atom stereocenters. The maximum Gasteiger partial charge on any atom is 0.248 e. The van der Waals surface area contributed by atoms with Gasteiger partial charge in [0.25, 0.3) is 0 Å². The second-order valence-electron chi connectivity index (χ2n) is 8.46. The van der Waals surface area contributed by atoms with E-state index in [0.717, 1.165) is 43.3 Å². The van der Waals surface area contributed by atoms with Crippen molar-refractivity contribution in [2.45, 2.75) is 75.2 Å². The molecule has 152 valence electrons. The molecule has 1 saturated carbocycles. The molecule has 4 rings (SSSR count). The third kappa shape index (κ3) is 4.50. The van der Waals surface area contributed by atoms with E-state index in [0.29, 0.717) is 32.2 Å². The van der Waals surface area contributed by atoms with E-state index in [4.69, 9.17) is 0 Å². The van der Waals surface area contributed by atoms with E-state index in [9.17, 15) is 19.0 Å². The molecule has 3 aliphatic rings. The summed E-state index contributed by atoms with van der Waals surface area (Å²) in [5.74, 6) is -2.49. The normalized spacial score (nSPS) is 30.0. The number of aliphatic hydroxyl groups excluding tert-OH is 1. The molecule has 0 unspecified atom stereocenters. The smallest absolute Gasteiger partial charge is 0.248 e. The first-order valence-electron chi connectivity index (χ1n) is 10.0. The Kier molecular flexibility index (Phi) is 5.55. The second-order valence-corrected chi connectivity index (χ2v) is 9.40. The fourth-order valence-corrected chi connectivity index (χ4v) is 5.58. The Bertz CT molecular complexity index is 639. The standard InChI is InChI=1S/C19H29F2N3O2S/c20-19(21)4-1-14(2-5-19)24-9-6-18(26,7-10-24)16-13-27-17(22-16)12-23-8-3-15(25)11-23/h13-15,25-26H,1-12H2/t15-/m1/s1. The molecule has 0 spiro atoms. The van der Waals surface area contributed by atoms with Crippen molar-refractivity contribution >= 4 is 11.3 Å². The number of aliphatic hydroxyl groups is 2. The number of likely N-dealkylation sites (tertiary alicyclic amines) is 2. The van der Waals surface area contributed by atoms with Crippen LogP contribution >= 0.6 is 11.3 Å². The zero-order valence-electron chi connectivity index (χ0n) is 15.6. The van der Waals surface area contributed by atoms with Crippen LogP contribution in [0.2, 0.25) is 0 Å². The lowest BCUT2D eigenvalue weighted by Crippen LogP contribution is -2.49. The molecule has 0 amide bonds. The summed E-state index contributed by atoms with van der Waals surface area (Å²) in [4.78, 5) is 9.15. The molecule has 3 fully saturated rings. The van der Waals surface area contributed by atoms with Gasteiger partial charge in [0.1, 0.15) is 10.6 Å². The predicted octanol–water partition coefficient (Wildman–Crippen LogP) is 2.57. The molecule has 5 nitrogen and oxygen atoms in total. The minimum absolute atomic E-state index is 0.0148. The summed E-state index contributed by atoms with van der Waals surface area (Å²) >= 11 is 1.57. The first-order valence-corrected chi connectivity index (χ1v) is 10.9. The highest BCUT2D eigenvalue weighted by Gasteiger charge is 2.41. The monoisotopic (exact) mass is 401 g/mol. The van der Waals surface area contributed by atoms with Gasteiger partial charge in [0.15, 0.2) is 0 Å². The van der Waals surface area contributed by atoms with Gasteiger partial charge in [-0.25, -0.2) is 13.8 Å². The van der Waals surface area contributed by atoms with Crippen LogP contribution in [0.4, 0.5) is 8.78 Å². The topological polar surface area (TPSA) is 59.8 Å². The molecule has 3 heterocycles. The molecule has 8 heteroatoms. The number of aromatic nitrogens is 1. The van der Waals surface area contributed by atoms with Gasteiger partial charge in [-0.2, -0.15) is 0 Å². The van der Waals surface area contributed by atoms with E-state index in [1.165, 1.54) is 0 Å². The van der Waals surface area contributed by atoms with Crippen molar-refractivity contribution in [3.8, 4) is 0 Å². The Morgan fingerprint density at radius 3 is 2.44 bits per heavy atom. The van der Waals surface area contributed by atoms with Crippen molar-refractivity contribution < 1.29 is 19.0 Å². The largest absolute Gasteiger partial charge is 0.392 e. The maximum atomic E-state index is 13.4. The molecule has 1 aromatic heterocycles. The molecule has 2 N–H and O–H groups in total. The van der Waals surface area contributed by atoms with Gasteiger partial charge in [0, 0.05) is 50.4 Å². The third-order valence-corrected chi connectivity index (χ3v) is 7.30. The summed E-state index contributed by atoms with van der Waals surface area (Å²) in [7, 11) is 0. The van der Waals surface area contributed by atoms with Crippen molar-refractivity contribution in [2.24, 2.45) is 0 Å². The van der Waals surface area contributed by atoms with Crippen LogP contribution in [0, 0.1) is 0 Å². The SMILES string of the molecule is O[C@@H]1CCN(Cc2nc(C3(O)CCN(C4CCC(F)(F)CC4)CC3)cs2)C1. The van der Waals surface area contributed by atoms with Gasteiger partial charge >= 0.3 is 0 Å². The first-order chi connectivity index (χ1) is 12.8. The van der Waals surface area contributed by atoms with Crippen LogP contribution in [0.25, 0.3) is 0 Å². The highest BCUT2D eigenvalue weighted by molar-refractivity contribution is 7.09. The lowest BCUT2D eigenvalue weighted by molar-refractivity contribution is -0.0751. The van der Waals surface area contributed by atoms with Gasteiger partial charge in [0.05, 0.1) is 18.3 Å². The summed E-state index contributed by atoms with van der Waals surface area (Å²) in [5.41, 5.74) is -0.161. The van der Waals surface area contributed by atoms with Crippen LogP contribution in [0.5, 0.6) is 0 Å². The number of hydrogen-bond acceptors (Lipinski definition) is 6. The zero-order chi connectivity index (χ0) is 19.1. The van der Waals surface area contributed by atoms with E-state index < -0.39 is 11.5 Å². The van der Waals surface area contributed by atoms with Crippen LogP contribution in [-0.2, 0) is 12.1 Å². The number of nitrogens with zero attached hydrogens (tertiary/aromatic N) is 3. The highest BCUT2D eigenvalue weighted by Crippen LogP contribution is 2.39. The molecule has 27 heavy (non-hydrogen) atoms. The third-order valence-electron chi connectivity index (χ3n) is 6.46. The molecule has 1 aromatic rings. The number of β-amino-alcohol motifs (C(OH)–C–C–N with tert-alkyl or cyclic N) is 1. The molecule has 2 aliphatic heterocycles. The van der Waals surface area contributed by atoms with Crippen LogP contribution in [0.15, 0.2) is 5.38 Å². The van der Waals surface area contributed by atoms with Crippen molar-refractivity contribution in [1.82, 2.24) is 14.8 Å². The molecule has 2 saturated heterocycles. The minimum atomic E-state index is -2.49. The number of halogens is 2. The van der Waals surface area contributed by atoms with Crippen molar-refractivity contribution in [3.63, 3.8) is 0 Å². The zero-order valence-corrected chi connectivity index (χ0v) is 16.4. The summed E-state index contributed by atoms with van der Waals surface area (Å²) in [6, 6.07) is 0.224. The van der Waals surface area contributed by atoms with Gasteiger partial charge in [-0.1, -0.05) is 0 Å². The highest BCUT2D eigenvalue weighted by atomic mass is 32.1. The molecule has 0 bridgehead atoms. The molecular formula is C19H29F2N3O2S. The van der Waals surface area contributed by atoms with Gasteiger partial charge < -0.3 is 15.1 Å². The van der Waals surface area contributed by atoms with Crippen molar-refractivity contribution in [2.75, 3.05) is 26.2 Å². The number of piperidine rings is 1. The predicted molar refractivity (Wildman–Crippen MR) is 99.9 cm³/mol. The molecule has 0 aromatic carbocycles. The lowest BCUT2D eigenvalue weighted by Gasteiger charge is -2.43. The summed E-state index contributed by atoms with van der Waals surface area (Å²) < 4.78 is 26.8. The van der Waals surface area contributed by atoms with E-state index in [-0.39, 0.29) is 25.0 Å². The lowest BCUT2D eigenvalue weighted by atomic mass is 9.85. The van der Waals surface area contributed by atoms with Gasteiger partial charge in [-0.15, -0.1) is 11.3 Å². The number of rotatable bonds is 4. The fourth-order valence-electron chi connectivity index (χ4n) is 4.65. The van der Waals surface area contributed by atoms with Gasteiger partial charge in [-0.3, -0.25) is 4.90 Å². The van der Waals surface area contributed by atoms with Gasteiger partial charge in [0.2, 0.25) is 5.92 Å². The van der Waals surface area contributed by atoms with Crippen molar-refractivity contribution in [1.29, 1.82) is 0 Å². The summed E-state index contributed by atoms with van der Waals surface area (Å²) in [5, 5.41) is 23.7. The molecule has 0 radical (unpaired) electrons. The Hall–Kier alpha value is -0.670. The number of alkyl halides is 2. The molecule has 1 aliphatic carbocycles. The maximum absolute atomic E-state index is 13.4. The average Bonchev–Trinajstić information content (AvgIpc) is 3.26. The number of hydrogen-bond donors (Lipinski definition) is 2. The van der Waals surface area contributed by atoms with Crippen LogP contribution in [0.1, 0.15) is 55.6 Å². The van der Waals surface area contributed by atoms with E-state index >= 15 is 0 Å². The van der Waals surface area contributed by atoms with Crippen LogP contribution in [-0.4, -0.2) is 69.2 Å². The fraction of sp³-hybridized carbons (Fsp3) is 0.842. The van der Waals surface area contributed by atoms with E-state index in [1.807, 2.05) is 5.38 Å². The van der Waals surface area contributed by atoms with E-state index in [2.05, 4.69) is 14.8 Å². The summed E-state index contributed by atoms with van der Waals surface area (Å²) in [6.45, 7) is 3.76. The Balaban J connectivity index is 1.31. The van der Waals surface area contributed by atoms with Crippen LogP contribution in [0.3, 0.4) is 0 Å². The Labute approximate surface area is 163 Å². The van der Waals surface area contributed by atoms with Crippen LogP contribution < -0.4 is 0 Å². The summed E-state index contributed by atoms with van der Waals surface area (Å²) in [6.07, 6.45) is 2.85. The average molecular weight is 402 g/mol. The Morgan fingerprint density at radius 2 is 1.81 bits per heavy atom. The molecular weight excluding hydrogens is 372 g/mol. The van der Waals surface area contributed by atoms with E-state index in [1.54, 1.807) is 11.3 Å². The number of thiazole rings is 1.